The second kappa shape index (κ2) is 3.82. The molecule has 2 rings (SSSR count). The Kier molecular flexibility index (Phi) is 2.36. The SMILES string of the molecule is N#Cc1ccc(-c2noc(C(=O)O)n2)cc1. The lowest BCUT2D eigenvalue weighted by molar-refractivity contribution is 0.0643. The van der Waals surface area contributed by atoms with Crippen LogP contribution in [0.2, 0.25) is 0 Å². The molecule has 0 spiro atoms. The maximum atomic E-state index is 10.5. The lowest BCUT2D eigenvalue weighted by Crippen LogP contribution is -1.95. The molecule has 0 saturated heterocycles. The van der Waals surface area contributed by atoms with E-state index < -0.39 is 11.9 Å². The van der Waals surface area contributed by atoms with Crippen LogP contribution >= 0.6 is 0 Å². The van der Waals surface area contributed by atoms with Gasteiger partial charge in [-0.1, -0.05) is 5.16 Å². The summed E-state index contributed by atoms with van der Waals surface area (Å²) in [4.78, 5) is 14.2. The van der Waals surface area contributed by atoms with Crippen LogP contribution in [0.4, 0.5) is 0 Å². The van der Waals surface area contributed by atoms with Crippen molar-refractivity contribution in [3.63, 3.8) is 0 Å². The van der Waals surface area contributed by atoms with E-state index in [1.54, 1.807) is 24.3 Å². The molecule has 78 valence electrons. The molecule has 16 heavy (non-hydrogen) atoms. The summed E-state index contributed by atoms with van der Waals surface area (Å²) >= 11 is 0. The fraction of sp³-hybridized carbons (Fsp3) is 0. The third-order valence-corrected chi connectivity index (χ3v) is 1.88. The van der Waals surface area contributed by atoms with Gasteiger partial charge in [0.25, 0.3) is 0 Å². The molecule has 0 bridgehead atoms. The third-order valence-electron chi connectivity index (χ3n) is 1.88. The number of rotatable bonds is 2. The molecule has 0 amide bonds. The molecule has 0 aliphatic carbocycles. The zero-order valence-corrected chi connectivity index (χ0v) is 7.91. The fourth-order valence-corrected chi connectivity index (χ4v) is 1.12. The lowest BCUT2D eigenvalue weighted by Gasteiger charge is -1.92. The summed E-state index contributed by atoms with van der Waals surface area (Å²) in [5.41, 5.74) is 1.10. The first kappa shape index (κ1) is 9.86. The predicted molar refractivity (Wildman–Crippen MR) is 51.4 cm³/mol. The molecule has 0 radical (unpaired) electrons. The molecular weight excluding hydrogens is 210 g/mol. The molecule has 0 aliphatic heterocycles. The van der Waals surface area contributed by atoms with E-state index in [0.717, 1.165) is 0 Å². The van der Waals surface area contributed by atoms with E-state index in [4.69, 9.17) is 10.4 Å². The second-order valence-corrected chi connectivity index (χ2v) is 2.92. The van der Waals surface area contributed by atoms with Crippen LogP contribution < -0.4 is 0 Å². The van der Waals surface area contributed by atoms with Gasteiger partial charge in [0, 0.05) is 5.56 Å². The number of hydrogen-bond donors (Lipinski definition) is 1. The van der Waals surface area contributed by atoms with Gasteiger partial charge >= 0.3 is 11.9 Å². The Morgan fingerprint density at radius 1 is 1.38 bits per heavy atom. The summed E-state index contributed by atoms with van der Waals surface area (Å²) in [6.45, 7) is 0. The molecule has 1 heterocycles. The van der Waals surface area contributed by atoms with Crippen LogP contribution in [0.15, 0.2) is 28.8 Å². The van der Waals surface area contributed by atoms with Crippen molar-refractivity contribution in [2.75, 3.05) is 0 Å². The summed E-state index contributed by atoms with van der Waals surface area (Å²) in [5.74, 6) is -1.55. The Morgan fingerprint density at radius 3 is 2.56 bits per heavy atom. The molecule has 1 aromatic heterocycles. The minimum atomic E-state index is -1.27. The number of carboxylic acids is 1. The fourth-order valence-electron chi connectivity index (χ4n) is 1.12. The first-order valence-corrected chi connectivity index (χ1v) is 4.28. The minimum Gasteiger partial charge on any atom is -0.474 e. The van der Waals surface area contributed by atoms with E-state index >= 15 is 0 Å². The van der Waals surface area contributed by atoms with Crippen LogP contribution in [0.25, 0.3) is 11.4 Å². The summed E-state index contributed by atoms with van der Waals surface area (Å²) in [6, 6.07) is 8.39. The van der Waals surface area contributed by atoms with Crippen molar-refractivity contribution < 1.29 is 14.4 Å². The smallest absolute Gasteiger partial charge is 0.394 e. The number of hydrogen-bond acceptors (Lipinski definition) is 5. The van der Waals surface area contributed by atoms with Gasteiger partial charge in [-0.25, -0.2) is 4.79 Å². The van der Waals surface area contributed by atoms with Gasteiger partial charge in [0.15, 0.2) is 0 Å². The average Bonchev–Trinajstić information content (AvgIpc) is 2.78. The molecule has 0 unspecified atom stereocenters. The highest BCUT2D eigenvalue weighted by atomic mass is 16.5. The van der Waals surface area contributed by atoms with Crippen LogP contribution in [0, 0.1) is 11.3 Å². The average molecular weight is 215 g/mol. The van der Waals surface area contributed by atoms with Gasteiger partial charge in [-0.15, -0.1) is 0 Å². The second-order valence-electron chi connectivity index (χ2n) is 2.92. The number of aromatic carboxylic acids is 1. The largest absolute Gasteiger partial charge is 0.474 e. The molecule has 0 aliphatic rings. The van der Waals surface area contributed by atoms with Crippen molar-refractivity contribution in [3.05, 3.63) is 35.7 Å². The van der Waals surface area contributed by atoms with Crippen molar-refractivity contribution in [1.82, 2.24) is 10.1 Å². The van der Waals surface area contributed by atoms with Crippen molar-refractivity contribution in [1.29, 1.82) is 5.26 Å². The van der Waals surface area contributed by atoms with Crippen LogP contribution in [0.1, 0.15) is 16.2 Å². The van der Waals surface area contributed by atoms with Gasteiger partial charge in [0.05, 0.1) is 11.6 Å². The van der Waals surface area contributed by atoms with Crippen molar-refractivity contribution in [3.8, 4) is 17.5 Å². The minimum absolute atomic E-state index is 0.182. The van der Waals surface area contributed by atoms with Gasteiger partial charge in [0.2, 0.25) is 5.82 Å². The van der Waals surface area contributed by atoms with E-state index in [1.807, 2.05) is 6.07 Å². The maximum Gasteiger partial charge on any atom is 0.394 e. The van der Waals surface area contributed by atoms with Gasteiger partial charge in [0.1, 0.15) is 0 Å². The van der Waals surface area contributed by atoms with E-state index in [9.17, 15) is 4.79 Å². The highest BCUT2D eigenvalue weighted by molar-refractivity contribution is 5.82. The van der Waals surface area contributed by atoms with E-state index in [-0.39, 0.29) is 5.82 Å². The van der Waals surface area contributed by atoms with Gasteiger partial charge in [-0.3, -0.25) is 0 Å². The van der Waals surface area contributed by atoms with Gasteiger partial charge < -0.3 is 9.63 Å². The van der Waals surface area contributed by atoms with Crippen LogP contribution in [-0.4, -0.2) is 21.2 Å². The van der Waals surface area contributed by atoms with E-state index in [0.29, 0.717) is 11.1 Å². The first-order valence-electron chi connectivity index (χ1n) is 4.28. The highest BCUT2D eigenvalue weighted by Gasteiger charge is 2.14. The van der Waals surface area contributed by atoms with Crippen LogP contribution in [-0.2, 0) is 0 Å². The molecule has 2 aromatic rings. The van der Waals surface area contributed by atoms with E-state index in [2.05, 4.69) is 14.7 Å². The Balaban J connectivity index is 2.36. The number of aromatic nitrogens is 2. The first-order chi connectivity index (χ1) is 7.70. The Bertz CT molecular complexity index is 566. The Labute approximate surface area is 89.8 Å². The molecule has 6 heteroatoms. The lowest BCUT2D eigenvalue weighted by atomic mass is 10.1. The summed E-state index contributed by atoms with van der Waals surface area (Å²) in [7, 11) is 0. The standard InChI is InChI=1S/C10H5N3O3/c11-5-6-1-3-7(4-2-6)8-12-9(10(14)15)16-13-8/h1-4H,(H,14,15). The molecule has 0 fully saturated rings. The zero-order chi connectivity index (χ0) is 11.5. The number of carbonyl (C=O) groups is 1. The highest BCUT2D eigenvalue weighted by Crippen LogP contribution is 2.16. The van der Waals surface area contributed by atoms with Gasteiger partial charge in [-0.05, 0) is 24.3 Å². The van der Waals surface area contributed by atoms with Crippen LogP contribution in [0.5, 0.6) is 0 Å². The normalized spacial score (nSPS) is 9.69. The monoisotopic (exact) mass is 215 g/mol. The molecular formula is C10H5N3O3. The number of nitriles is 1. The Morgan fingerprint density at radius 2 is 2.06 bits per heavy atom. The molecule has 1 aromatic carbocycles. The molecule has 1 N–H and O–H groups in total. The maximum absolute atomic E-state index is 10.5. The number of benzene rings is 1. The number of carboxylic acid groups (broad SMARTS) is 1. The van der Waals surface area contributed by atoms with Crippen molar-refractivity contribution in [2.24, 2.45) is 0 Å². The zero-order valence-electron chi connectivity index (χ0n) is 7.91. The summed E-state index contributed by atoms with van der Waals surface area (Å²) < 4.78 is 4.51. The summed E-state index contributed by atoms with van der Waals surface area (Å²) in [5, 5.41) is 20.7. The molecule has 6 nitrogen and oxygen atoms in total. The predicted octanol–water partition coefficient (Wildman–Crippen LogP) is 1.31. The van der Waals surface area contributed by atoms with Crippen molar-refractivity contribution >= 4 is 5.97 Å². The van der Waals surface area contributed by atoms with Crippen LogP contribution in [0.3, 0.4) is 0 Å². The van der Waals surface area contributed by atoms with E-state index in [1.165, 1.54) is 0 Å². The third kappa shape index (κ3) is 1.74. The Hall–Kier alpha value is -2.68. The molecule has 0 atom stereocenters. The quantitative estimate of drug-likeness (QED) is 0.810. The van der Waals surface area contributed by atoms with Gasteiger partial charge in [-0.2, -0.15) is 10.2 Å². The topological polar surface area (TPSA) is 100 Å². The summed E-state index contributed by atoms with van der Waals surface area (Å²) in [6.07, 6.45) is 0. The van der Waals surface area contributed by atoms with Crippen molar-refractivity contribution in [2.45, 2.75) is 0 Å². The molecule has 0 saturated carbocycles. The number of nitrogens with zero attached hydrogens (tertiary/aromatic N) is 3.